The molecule has 0 heterocycles. The summed E-state index contributed by atoms with van der Waals surface area (Å²) in [6, 6.07) is 0. The first-order chi connectivity index (χ1) is 7.32. The van der Waals surface area contributed by atoms with Gasteiger partial charge in [0.25, 0.3) is 0 Å². The summed E-state index contributed by atoms with van der Waals surface area (Å²) >= 11 is 0. The SMILES string of the molecule is COC(=O)CC(C(C)=O)(C(C)=O)C(=O)OC. The predicted octanol–water partition coefficient (Wildman–Crippen LogP) is -0.113. The number of carbonyl (C=O) groups is 4. The summed E-state index contributed by atoms with van der Waals surface area (Å²) in [6.07, 6.45) is -0.638. The van der Waals surface area contributed by atoms with Gasteiger partial charge in [0.15, 0.2) is 17.0 Å². The van der Waals surface area contributed by atoms with Gasteiger partial charge in [-0.2, -0.15) is 0 Å². The molecule has 0 bridgehead atoms. The molecule has 90 valence electrons. The van der Waals surface area contributed by atoms with Gasteiger partial charge in [0.2, 0.25) is 0 Å². The minimum Gasteiger partial charge on any atom is -0.469 e. The second-order valence-electron chi connectivity index (χ2n) is 3.26. The van der Waals surface area contributed by atoms with Crippen LogP contribution in [0.5, 0.6) is 0 Å². The normalized spacial score (nSPS) is 10.5. The van der Waals surface area contributed by atoms with Crippen molar-refractivity contribution in [3.63, 3.8) is 0 Å². The van der Waals surface area contributed by atoms with E-state index in [-0.39, 0.29) is 0 Å². The van der Waals surface area contributed by atoms with E-state index in [9.17, 15) is 19.2 Å². The Morgan fingerprint density at radius 3 is 1.62 bits per heavy atom. The van der Waals surface area contributed by atoms with Crippen LogP contribution in [-0.2, 0) is 28.7 Å². The lowest BCUT2D eigenvalue weighted by atomic mass is 9.77. The Balaban J connectivity index is 5.45. The van der Waals surface area contributed by atoms with Gasteiger partial charge in [0.05, 0.1) is 20.6 Å². The summed E-state index contributed by atoms with van der Waals surface area (Å²) in [5.41, 5.74) is -2.08. The topological polar surface area (TPSA) is 86.7 Å². The van der Waals surface area contributed by atoms with E-state index in [1.165, 1.54) is 0 Å². The Bertz CT molecular complexity index is 316. The van der Waals surface area contributed by atoms with E-state index in [1.54, 1.807) is 0 Å². The third-order valence-corrected chi connectivity index (χ3v) is 2.37. The molecule has 0 rings (SSSR count). The Hall–Kier alpha value is -1.72. The number of hydrogen-bond acceptors (Lipinski definition) is 6. The molecule has 0 spiro atoms. The number of hydrogen-bond donors (Lipinski definition) is 0. The van der Waals surface area contributed by atoms with Gasteiger partial charge in [0, 0.05) is 0 Å². The zero-order chi connectivity index (χ0) is 12.9. The maximum Gasteiger partial charge on any atom is 0.327 e. The smallest absolute Gasteiger partial charge is 0.327 e. The molecule has 0 aromatic heterocycles. The standard InChI is InChI=1S/C10H14O6/c1-6(11)10(7(2)12,9(14)16-4)5-8(13)15-3/h5H2,1-4H3. The van der Waals surface area contributed by atoms with Crippen molar-refractivity contribution in [1.29, 1.82) is 0 Å². The van der Waals surface area contributed by atoms with Crippen LogP contribution in [0.4, 0.5) is 0 Å². The van der Waals surface area contributed by atoms with E-state index in [4.69, 9.17) is 0 Å². The lowest BCUT2D eigenvalue weighted by molar-refractivity contribution is -0.167. The number of ketones is 2. The fraction of sp³-hybridized carbons (Fsp3) is 0.600. The number of esters is 2. The maximum atomic E-state index is 11.5. The highest BCUT2D eigenvalue weighted by atomic mass is 16.5. The molecule has 0 atom stereocenters. The Labute approximate surface area is 92.9 Å². The van der Waals surface area contributed by atoms with Gasteiger partial charge in [-0.3, -0.25) is 19.2 Å². The summed E-state index contributed by atoms with van der Waals surface area (Å²) in [5.74, 6) is -3.34. The van der Waals surface area contributed by atoms with Gasteiger partial charge < -0.3 is 9.47 Å². The van der Waals surface area contributed by atoms with E-state index in [0.717, 1.165) is 28.1 Å². The molecule has 0 N–H and O–H groups in total. The summed E-state index contributed by atoms with van der Waals surface area (Å²) < 4.78 is 8.74. The number of ether oxygens (including phenoxy) is 2. The second-order valence-corrected chi connectivity index (χ2v) is 3.26. The van der Waals surface area contributed by atoms with Crippen molar-refractivity contribution in [2.45, 2.75) is 20.3 Å². The molecule has 0 aromatic rings. The van der Waals surface area contributed by atoms with Crippen molar-refractivity contribution in [2.75, 3.05) is 14.2 Å². The van der Waals surface area contributed by atoms with Gasteiger partial charge in [-0.25, -0.2) is 0 Å². The average Bonchev–Trinajstić information content (AvgIpc) is 2.23. The van der Waals surface area contributed by atoms with Crippen LogP contribution < -0.4 is 0 Å². The highest BCUT2D eigenvalue weighted by Crippen LogP contribution is 2.27. The highest BCUT2D eigenvalue weighted by Gasteiger charge is 2.51. The Morgan fingerprint density at radius 1 is 0.938 bits per heavy atom. The molecular formula is C10H14O6. The zero-order valence-electron chi connectivity index (χ0n) is 9.66. The van der Waals surface area contributed by atoms with E-state index >= 15 is 0 Å². The van der Waals surface area contributed by atoms with Crippen LogP contribution in [-0.4, -0.2) is 37.7 Å². The minimum absolute atomic E-state index is 0.638. The van der Waals surface area contributed by atoms with Crippen LogP contribution in [0.3, 0.4) is 0 Å². The van der Waals surface area contributed by atoms with Gasteiger partial charge in [-0.1, -0.05) is 0 Å². The van der Waals surface area contributed by atoms with Crippen molar-refractivity contribution in [3.05, 3.63) is 0 Å². The van der Waals surface area contributed by atoms with E-state index < -0.39 is 35.3 Å². The molecule has 6 heteroatoms. The van der Waals surface area contributed by atoms with E-state index in [1.807, 2.05) is 0 Å². The quantitative estimate of drug-likeness (QED) is 0.483. The molecule has 16 heavy (non-hydrogen) atoms. The van der Waals surface area contributed by atoms with Gasteiger partial charge >= 0.3 is 11.9 Å². The largest absolute Gasteiger partial charge is 0.469 e. The Kier molecular flexibility index (Phi) is 4.81. The fourth-order valence-electron chi connectivity index (χ4n) is 1.32. The first kappa shape index (κ1) is 14.3. The molecule has 0 aliphatic carbocycles. The van der Waals surface area contributed by atoms with Crippen LogP contribution in [0.1, 0.15) is 20.3 Å². The highest BCUT2D eigenvalue weighted by molar-refractivity contribution is 6.22. The van der Waals surface area contributed by atoms with Crippen LogP contribution in [0, 0.1) is 5.41 Å². The molecule has 0 unspecified atom stereocenters. The predicted molar refractivity (Wildman–Crippen MR) is 52.4 cm³/mol. The number of rotatable bonds is 5. The van der Waals surface area contributed by atoms with Crippen molar-refractivity contribution in [2.24, 2.45) is 5.41 Å². The number of carbonyl (C=O) groups excluding carboxylic acids is 4. The van der Waals surface area contributed by atoms with Crippen LogP contribution >= 0.6 is 0 Å². The summed E-state index contributed by atoms with van der Waals surface area (Å²) in [6.45, 7) is 2.11. The average molecular weight is 230 g/mol. The molecule has 0 fully saturated rings. The molecular weight excluding hydrogens is 216 g/mol. The molecule has 0 amide bonds. The monoisotopic (exact) mass is 230 g/mol. The molecule has 0 saturated heterocycles. The summed E-state index contributed by atoms with van der Waals surface area (Å²) in [7, 11) is 2.14. The first-order valence-electron chi connectivity index (χ1n) is 4.50. The third-order valence-electron chi connectivity index (χ3n) is 2.37. The van der Waals surface area contributed by atoms with Crippen molar-refractivity contribution >= 4 is 23.5 Å². The lowest BCUT2D eigenvalue weighted by Gasteiger charge is -2.23. The van der Waals surface area contributed by atoms with Crippen LogP contribution in [0.2, 0.25) is 0 Å². The maximum absolute atomic E-state index is 11.5. The molecule has 0 saturated carbocycles. The van der Waals surface area contributed by atoms with Gasteiger partial charge in [-0.15, -0.1) is 0 Å². The lowest BCUT2D eigenvalue weighted by Crippen LogP contribution is -2.46. The van der Waals surface area contributed by atoms with Gasteiger partial charge in [-0.05, 0) is 13.8 Å². The molecule has 0 radical (unpaired) electrons. The molecule has 6 nitrogen and oxygen atoms in total. The van der Waals surface area contributed by atoms with Crippen LogP contribution in [0.25, 0.3) is 0 Å². The summed E-state index contributed by atoms with van der Waals surface area (Å²) in [4.78, 5) is 45.5. The van der Waals surface area contributed by atoms with Gasteiger partial charge in [0.1, 0.15) is 0 Å². The first-order valence-corrected chi connectivity index (χ1v) is 4.50. The number of Topliss-reactive ketones (excluding diaryl/α,β-unsaturated/α-hetero) is 2. The van der Waals surface area contributed by atoms with Crippen molar-refractivity contribution in [1.82, 2.24) is 0 Å². The minimum atomic E-state index is -2.08. The third kappa shape index (κ3) is 2.44. The van der Waals surface area contributed by atoms with E-state index in [2.05, 4.69) is 9.47 Å². The Morgan fingerprint density at radius 2 is 1.38 bits per heavy atom. The summed E-state index contributed by atoms with van der Waals surface area (Å²) in [5, 5.41) is 0. The molecule has 0 aromatic carbocycles. The second kappa shape index (κ2) is 5.39. The molecule has 0 aliphatic rings. The van der Waals surface area contributed by atoms with Crippen molar-refractivity contribution < 1.29 is 28.7 Å². The zero-order valence-corrected chi connectivity index (χ0v) is 9.66. The molecule has 0 aliphatic heterocycles. The van der Waals surface area contributed by atoms with E-state index in [0.29, 0.717) is 0 Å². The van der Waals surface area contributed by atoms with Crippen molar-refractivity contribution in [3.8, 4) is 0 Å². The fourth-order valence-corrected chi connectivity index (χ4v) is 1.32. The van der Waals surface area contributed by atoms with Crippen LogP contribution in [0.15, 0.2) is 0 Å². The number of methoxy groups -OCH3 is 2.